The molecule has 1 fully saturated rings. The second-order valence-corrected chi connectivity index (χ2v) is 5.21. The van der Waals surface area contributed by atoms with Crippen LogP contribution < -0.4 is 10.2 Å². The van der Waals surface area contributed by atoms with Crippen LogP contribution in [0.3, 0.4) is 0 Å². The van der Waals surface area contributed by atoms with E-state index in [1.807, 2.05) is 49.3 Å². The topological polar surface area (TPSA) is 41.6 Å². The molecule has 1 aliphatic rings. The first-order valence-corrected chi connectivity index (χ1v) is 6.99. The van der Waals surface area contributed by atoms with Crippen molar-refractivity contribution < 1.29 is 9.53 Å². The van der Waals surface area contributed by atoms with Gasteiger partial charge < -0.3 is 15.0 Å². The predicted molar refractivity (Wildman–Crippen MR) is 81.8 cm³/mol. The second kappa shape index (κ2) is 7.10. The average molecular weight is 274 g/mol. The Morgan fingerprint density at radius 3 is 2.50 bits per heavy atom. The van der Waals surface area contributed by atoms with E-state index in [1.54, 1.807) is 6.08 Å². The molecule has 0 radical (unpaired) electrons. The van der Waals surface area contributed by atoms with E-state index in [0.29, 0.717) is 0 Å². The SMILES string of the molecule is CN(C)c1ccc(C=CC(=O)NC2CCOCC2)cc1. The predicted octanol–water partition coefficient (Wildman–Crippen LogP) is 2.06. The van der Waals surface area contributed by atoms with Gasteiger partial charge in [-0.3, -0.25) is 4.79 Å². The van der Waals surface area contributed by atoms with Crippen molar-refractivity contribution >= 4 is 17.7 Å². The maximum absolute atomic E-state index is 11.8. The number of carbonyl (C=O) groups excluding carboxylic acids is 1. The van der Waals surface area contributed by atoms with Crippen molar-refractivity contribution in [1.82, 2.24) is 5.32 Å². The standard InChI is InChI=1S/C16H22N2O2/c1-18(2)15-6-3-13(4-7-15)5-8-16(19)17-14-9-11-20-12-10-14/h3-8,14H,9-12H2,1-2H3,(H,17,19). The van der Waals surface area contributed by atoms with Crippen molar-refractivity contribution in [1.29, 1.82) is 0 Å². The number of benzene rings is 1. The molecule has 0 aliphatic carbocycles. The van der Waals surface area contributed by atoms with Gasteiger partial charge in [0.15, 0.2) is 0 Å². The summed E-state index contributed by atoms with van der Waals surface area (Å²) >= 11 is 0. The van der Waals surface area contributed by atoms with Crippen LogP contribution in [0.2, 0.25) is 0 Å². The van der Waals surface area contributed by atoms with Crippen LogP contribution in [0, 0.1) is 0 Å². The molecular formula is C16H22N2O2. The zero-order valence-electron chi connectivity index (χ0n) is 12.1. The number of hydrogen-bond acceptors (Lipinski definition) is 3. The molecule has 0 atom stereocenters. The van der Waals surface area contributed by atoms with Gasteiger partial charge in [0.05, 0.1) is 0 Å². The number of nitrogens with zero attached hydrogens (tertiary/aromatic N) is 1. The van der Waals surface area contributed by atoms with Crippen LogP contribution in [0.4, 0.5) is 5.69 Å². The highest BCUT2D eigenvalue weighted by molar-refractivity contribution is 5.91. The van der Waals surface area contributed by atoms with Gasteiger partial charge in [0.1, 0.15) is 0 Å². The van der Waals surface area contributed by atoms with E-state index in [4.69, 9.17) is 4.74 Å². The van der Waals surface area contributed by atoms with Gasteiger partial charge >= 0.3 is 0 Å². The van der Waals surface area contributed by atoms with Gasteiger partial charge in [-0.1, -0.05) is 12.1 Å². The fourth-order valence-electron chi connectivity index (χ4n) is 2.15. The Morgan fingerprint density at radius 2 is 1.90 bits per heavy atom. The Labute approximate surface area is 120 Å². The third kappa shape index (κ3) is 4.38. The Balaban J connectivity index is 1.86. The number of rotatable bonds is 4. The summed E-state index contributed by atoms with van der Waals surface area (Å²) in [5, 5.41) is 3.00. The van der Waals surface area contributed by atoms with Gasteiger partial charge in [-0.25, -0.2) is 0 Å². The average Bonchev–Trinajstić information content (AvgIpc) is 2.46. The molecule has 4 heteroatoms. The van der Waals surface area contributed by atoms with Crippen molar-refractivity contribution in [2.24, 2.45) is 0 Å². The molecule has 108 valence electrons. The lowest BCUT2D eigenvalue weighted by atomic mass is 10.1. The minimum absolute atomic E-state index is 0.0337. The highest BCUT2D eigenvalue weighted by Crippen LogP contribution is 2.13. The van der Waals surface area contributed by atoms with E-state index in [1.165, 1.54) is 0 Å². The summed E-state index contributed by atoms with van der Waals surface area (Å²) in [6.45, 7) is 1.47. The summed E-state index contributed by atoms with van der Waals surface area (Å²) in [6, 6.07) is 8.34. The molecule has 1 aromatic rings. The quantitative estimate of drug-likeness (QED) is 0.855. The molecule has 0 unspecified atom stereocenters. The first-order chi connectivity index (χ1) is 9.65. The molecule has 0 saturated carbocycles. The lowest BCUT2D eigenvalue weighted by Gasteiger charge is -2.22. The van der Waals surface area contributed by atoms with Crippen molar-refractivity contribution in [3.8, 4) is 0 Å². The molecule has 2 rings (SSSR count). The Bertz CT molecular complexity index is 460. The van der Waals surface area contributed by atoms with E-state index in [0.717, 1.165) is 37.3 Å². The van der Waals surface area contributed by atoms with E-state index in [2.05, 4.69) is 5.32 Å². The van der Waals surface area contributed by atoms with Gasteiger partial charge in [-0.05, 0) is 36.6 Å². The van der Waals surface area contributed by atoms with Crippen LogP contribution in [0.25, 0.3) is 6.08 Å². The molecule has 0 bridgehead atoms. The molecule has 1 N–H and O–H groups in total. The molecule has 0 spiro atoms. The summed E-state index contributed by atoms with van der Waals surface area (Å²) < 4.78 is 5.27. The summed E-state index contributed by atoms with van der Waals surface area (Å²) in [5.41, 5.74) is 2.17. The first kappa shape index (κ1) is 14.6. The van der Waals surface area contributed by atoms with Crippen LogP contribution in [0.1, 0.15) is 18.4 Å². The van der Waals surface area contributed by atoms with Gasteiger partial charge in [-0.15, -0.1) is 0 Å². The van der Waals surface area contributed by atoms with Gasteiger partial charge in [0.25, 0.3) is 0 Å². The summed E-state index contributed by atoms with van der Waals surface area (Å²) in [6.07, 6.45) is 5.24. The van der Waals surface area contributed by atoms with Crippen LogP contribution in [-0.2, 0) is 9.53 Å². The largest absolute Gasteiger partial charge is 0.381 e. The summed E-state index contributed by atoms with van der Waals surface area (Å²) in [7, 11) is 4.01. The zero-order chi connectivity index (χ0) is 14.4. The van der Waals surface area contributed by atoms with Crippen LogP contribution in [0.15, 0.2) is 30.3 Å². The van der Waals surface area contributed by atoms with Crippen LogP contribution in [0.5, 0.6) is 0 Å². The molecule has 1 amide bonds. The summed E-state index contributed by atoms with van der Waals surface area (Å²) in [4.78, 5) is 13.9. The third-order valence-electron chi connectivity index (χ3n) is 3.40. The molecular weight excluding hydrogens is 252 g/mol. The number of anilines is 1. The molecule has 20 heavy (non-hydrogen) atoms. The smallest absolute Gasteiger partial charge is 0.244 e. The summed E-state index contributed by atoms with van der Waals surface area (Å²) in [5.74, 6) is -0.0337. The number of amides is 1. The number of nitrogens with one attached hydrogen (secondary N) is 1. The van der Waals surface area contributed by atoms with E-state index in [-0.39, 0.29) is 11.9 Å². The molecule has 1 saturated heterocycles. The fourth-order valence-corrected chi connectivity index (χ4v) is 2.15. The lowest BCUT2D eigenvalue weighted by molar-refractivity contribution is -0.117. The van der Waals surface area contributed by atoms with Crippen molar-refractivity contribution in [3.63, 3.8) is 0 Å². The van der Waals surface area contributed by atoms with Gasteiger partial charge in [-0.2, -0.15) is 0 Å². The van der Waals surface area contributed by atoms with E-state index in [9.17, 15) is 4.79 Å². The van der Waals surface area contributed by atoms with Crippen LogP contribution in [-0.4, -0.2) is 39.3 Å². The van der Waals surface area contributed by atoms with Gasteiger partial charge in [0.2, 0.25) is 5.91 Å². The highest BCUT2D eigenvalue weighted by Gasteiger charge is 2.14. The molecule has 0 aromatic heterocycles. The third-order valence-corrected chi connectivity index (χ3v) is 3.40. The molecule has 1 aliphatic heterocycles. The monoisotopic (exact) mass is 274 g/mol. The molecule has 1 aromatic carbocycles. The van der Waals surface area contributed by atoms with Crippen molar-refractivity contribution in [2.75, 3.05) is 32.2 Å². The van der Waals surface area contributed by atoms with Gasteiger partial charge in [0, 0.05) is 45.1 Å². The number of carbonyl (C=O) groups is 1. The fraction of sp³-hybridized carbons (Fsp3) is 0.438. The van der Waals surface area contributed by atoms with Crippen molar-refractivity contribution in [3.05, 3.63) is 35.9 Å². The number of hydrogen-bond donors (Lipinski definition) is 1. The first-order valence-electron chi connectivity index (χ1n) is 6.99. The second-order valence-electron chi connectivity index (χ2n) is 5.21. The minimum atomic E-state index is -0.0337. The lowest BCUT2D eigenvalue weighted by Crippen LogP contribution is -2.37. The van der Waals surface area contributed by atoms with Crippen molar-refractivity contribution in [2.45, 2.75) is 18.9 Å². The molecule has 1 heterocycles. The van der Waals surface area contributed by atoms with E-state index < -0.39 is 0 Å². The Hall–Kier alpha value is -1.81. The zero-order valence-corrected chi connectivity index (χ0v) is 12.1. The number of ether oxygens (including phenoxy) is 1. The van der Waals surface area contributed by atoms with E-state index >= 15 is 0 Å². The Kier molecular flexibility index (Phi) is 5.18. The van der Waals surface area contributed by atoms with Crippen LogP contribution >= 0.6 is 0 Å². The highest BCUT2D eigenvalue weighted by atomic mass is 16.5. The minimum Gasteiger partial charge on any atom is -0.381 e. The maximum Gasteiger partial charge on any atom is 0.244 e. The normalized spacial score (nSPS) is 16.3. The maximum atomic E-state index is 11.8. The Morgan fingerprint density at radius 1 is 1.25 bits per heavy atom. The molecule has 4 nitrogen and oxygen atoms in total.